The quantitative estimate of drug-likeness (QED) is 0.600. The number of unbranched alkanes of at least 4 members (excludes halogenated alkanes) is 3. The first-order valence-corrected chi connectivity index (χ1v) is 7.87. The lowest BCUT2D eigenvalue weighted by molar-refractivity contribution is 0.544. The molecule has 0 amide bonds. The third-order valence-corrected chi connectivity index (χ3v) is 3.72. The molecule has 0 unspecified atom stereocenters. The van der Waals surface area contributed by atoms with Gasteiger partial charge < -0.3 is 10.3 Å². The fourth-order valence-corrected chi connectivity index (χ4v) is 2.68. The van der Waals surface area contributed by atoms with Crippen molar-refractivity contribution in [1.82, 2.24) is 9.55 Å². The average molecular weight is 273 g/mol. The molecule has 0 aliphatic heterocycles. The Hall–Kier alpha value is -1.51. The maximum atomic E-state index is 6.07. The van der Waals surface area contributed by atoms with E-state index in [9.17, 15) is 0 Å². The molecule has 0 bridgehead atoms. The normalized spacial score (nSPS) is 11.6. The first kappa shape index (κ1) is 14.9. The summed E-state index contributed by atoms with van der Waals surface area (Å²) in [7, 11) is 0. The molecule has 0 fully saturated rings. The van der Waals surface area contributed by atoms with Gasteiger partial charge in [0, 0.05) is 13.0 Å². The molecule has 0 radical (unpaired) electrons. The number of anilines is 1. The van der Waals surface area contributed by atoms with Gasteiger partial charge in [-0.25, -0.2) is 4.98 Å². The van der Waals surface area contributed by atoms with Gasteiger partial charge in [-0.2, -0.15) is 0 Å². The molecule has 3 nitrogen and oxygen atoms in total. The van der Waals surface area contributed by atoms with Crippen LogP contribution in [-0.4, -0.2) is 9.55 Å². The van der Waals surface area contributed by atoms with Crippen molar-refractivity contribution in [3.05, 3.63) is 24.0 Å². The molecule has 0 spiro atoms. The lowest BCUT2D eigenvalue weighted by Gasteiger charge is -2.10. The summed E-state index contributed by atoms with van der Waals surface area (Å²) in [5.74, 6) is 1.80. The number of para-hydroxylation sites is 1. The van der Waals surface area contributed by atoms with Crippen molar-refractivity contribution in [3.63, 3.8) is 0 Å². The standard InChI is InChI=1S/C17H27N3/c1-4-5-6-7-11-20-15-10-8-9-14(18)17(15)19-16(20)12-13(2)3/h8-10,13H,4-7,11-12,18H2,1-3H3. The number of imidazole rings is 1. The van der Waals surface area contributed by atoms with Crippen molar-refractivity contribution in [3.8, 4) is 0 Å². The van der Waals surface area contributed by atoms with Gasteiger partial charge in [-0.3, -0.25) is 0 Å². The SMILES string of the molecule is CCCCCCn1c(CC(C)C)nc2c(N)cccc21. The van der Waals surface area contributed by atoms with Crippen LogP contribution in [0, 0.1) is 5.92 Å². The summed E-state index contributed by atoms with van der Waals surface area (Å²) in [5, 5.41) is 0. The minimum atomic E-state index is 0.613. The fourth-order valence-electron chi connectivity index (χ4n) is 2.68. The van der Waals surface area contributed by atoms with Crippen LogP contribution in [-0.2, 0) is 13.0 Å². The Kier molecular flexibility index (Phi) is 5.05. The molecule has 110 valence electrons. The third kappa shape index (κ3) is 3.33. The van der Waals surface area contributed by atoms with E-state index in [4.69, 9.17) is 10.7 Å². The number of nitrogens with two attached hydrogens (primary N) is 1. The second-order valence-corrected chi connectivity index (χ2v) is 6.05. The van der Waals surface area contributed by atoms with Crippen molar-refractivity contribution in [2.45, 2.75) is 59.4 Å². The summed E-state index contributed by atoms with van der Waals surface area (Å²) < 4.78 is 2.38. The Balaban J connectivity index is 2.29. The van der Waals surface area contributed by atoms with Gasteiger partial charge in [0.1, 0.15) is 11.3 Å². The van der Waals surface area contributed by atoms with Gasteiger partial charge in [0.25, 0.3) is 0 Å². The Morgan fingerprint density at radius 1 is 1.20 bits per heavy atom. The molecule has 2 N–H and O–H groups in total. The van der Waals surface area contributed by atoms with Crippen LogP contribution in [0.25, 0.3) is 11.0 Å². The van der Waals surface area contributed by atoms with Crippen molar-refractivity contribution < 1.29 is 0 Å². The summed E-state index contributed by atoms with van der Waals surface area (Å²) in [5.41, 5.74) is 9.02. The van der Waals surface area contributed by atoms with Gasteiger partial charge in [-0.1, -0.05) is 46.1 Å². The van der Waals surface area contributed by atoms with Crippen LogP contribution in [0.3, 0.4) is 0 Å². The van der Waals surface area contributed by atoms with E-state index < -0.39 is 0 Å². The molecule has 0 saturated heterocycles. The molecular formula is C17H27N3. The van der Waals surface area contributed by atoms with E-state index in [1.165, 1.54) is 37.0 Å². The second-order valence-electron chi connectivity index (χ2n) is 6.05. The number of hydrogen-bond donors (Lipinski definition) is 1. The topological polar surface area (TPSA) is 43.8 Å². The molecule has 0 aliphatic rings. The summed E-state index contributed by atoms with van der Waals surface area (Å²) in [4.78, 5) is 4.79. The number of hydrogen-bond acceptors (Lipinski definition) is 2. The van der Waals surface area contributed by atoms with Crippen LogP contribution >= 0.6 is 0 Å². The van der Waals surface area contributed by atoms with Gasteiger partial charge in [-0.05, 0) is 24.5 Å². The molecule has 3 heteroatoms. The van der Waals surface area contributed by atoms with Crippen LogP contribution in [0.5, 0.6) is 0 Å². The molecule has 1 heterocycles. The highest BCUT2D eigenvalue weighted by atomic mass is 15.1. The van der Waals surface area contributed by atoms with Crippen molar-refractivity contribution in [1.29, 1.82) is 0 Å². The van der Waals surface area contributed by atoms with Crippen molar-refractivity contribution in [2.24, 2.45) is 5.92 Å². The molecule has 1 aromatic carbocycles. The zero-order chi connectivity index (χ0) is 14.5. The number of aromatic nitrogens is 2. The predicted octanol–water partition coefficient (Wildman–Crippen LogP) is 4.40. The van der Waals surface area contributed by atoms with E-state index in [0.717, 1.165) is 24.2 Å². The van der Waals surface area contributed by atoms with Crippen LogP contribution in [0.1, 0.15) is 52.3 Å². The summed E-state index contributed by atoms with van der Waals surface area (Å²) in [6, 6.07) is 6.11. The van der Waals surface area contributed by atoms with Gasteiger partial charge in [0.05, 0.1) is 11.2 Å². The first-order chi connectivity index (χ1) is 9.63. The highest BCUT2D eigenvalue weighted by molar-refractivity contribution is 5.87. The van der Waals surface area contributed by atoms with E-state index in [-0.39, 0.29) is 0 Å². The molecule has 0 saturated carbocycles. The van der Waals surface area contributed by atoms with Crippen LogP contribution in [0.4, 0.5) is 5.69 Å². The highest BCUT2D eigenvalue weighted by Crippen LogP contribution is 2.24. The van der Waals surface area contributed by atoms with Crippen LogP contribution in [0.2, 0.25) is 0 Å². The van der Waals surface area contributed by atoms with Gasteiger partial charge in [0.15, 0.2) is 0 Å². The summed E-state index contributed by atoms with van der Waals surface area (Å²) >= 11 is 0. The lowest BCUT2D eigenvalue weighted by Crippen LogP contribution is -2.07. The molecule has 2 aromatic rings. The van der Waals surface area contributed by atoms with Crippen LogP contribution < -0.4 is 5.73 Å². The minimum Gasteiger partial charge on any atom is -0.397 e. The van der Waals surface area contributed by atoms with Crippen molar-refractivity contribution in [2.75, 3.05) is 5.73 Å². The fraction of sp³-hybridized carbons (Fsp3) is 0.588. The van der Waals surface area contributed by atoms with Gasteiger partial charge >= 0.3 is 0 Å². The third-order valence-electron chi connectivity index (χ3n) is 3.72. The Morgan fingerprint density at radius 2 is 2.00 bits per heavy atom. The zero-order valence-corrected chi connectivity index (χ0v) is 13.0. The van der Waals surface area contributed by atoms with E-state index in [0.29, 0.717) is 5.92 Å². The minimum absolute atomic E-state index is 0.613. The molecule has 1 aromatic heterocycles. The zero-order valence-electron chi connectivity index (χ0n) is 13.0. The molecular weight excluding hydrogens is 246 g/mol. The number of aryl methyl sites for hydroxylation is 1. The number of nitrogens with zero attached hydrogens (tertiary/aromatic N) is 2. The van der Waals surface area contributed by atoms with Crippen molar-refractivity contribution >= 4 is 16.7 Å². The Morgan fingerprint density at radius 3 is 2.70 bits per heavy atom. The lowest BCUT2D eigenvalue weighted by atomic mass is 10.1. The number of nitrogen functional groups attached to an aromatic ring is 1. The molecule has 20 heavy (non-hydrogen) atoms. The maximum Gasteiger partial charge on any atom is 0.112 e. The van der Waals surface area contributed by atoms with Crippen LogP contribution in [0.15, 0.2) is 18.2 Å². The number of rotatable bonds is 7. The van der Waals surface area contributed by atoms with Gasteiger partial charge in [-0.15, -0.1) is 0 Å². The monoisotopic (exact) mass is 273 g/mol. The smallest absolute Gasteiger partial charge is 0.112 e. The highest BCUT2D eigenvalue weighted by Gasteiger charge is 2.13. The molecule has 0 atom stereocenters. The second kappa shape index (κ2) is 6.78. The summed E-state index contributed by atoms with van der Waals surface area (Å²) in [6.45, 7) is 7.79. The number of fused-ring (bicyclic) bond motifs is 1. The predicted molar refractivity (Wildman–Crippen MR) is 86.8 cm³/mol. The first-order valence-electron chi connectivity index (χ1n) is 7.87. The van der Waals surface area contributed by atoms with E-state index in [1.807, 2.05) is 12.1 Å². The number of benzene rings is 1. The van der Waals surface area contributed by atoms with E-state index in [1.54, 1.807) is 0 Å². The van der Waals surface area contributed by atoms with E-state index >= 15 is 0 Å². The average Bonchev–Trinajstić information content (AvgIpc) is 2.73. The Bertz CT molecular complexity index is 555. The van der Waals surface area contributed by atoms with E-state index in [2.05, 4.69) is 31.4 Å². The maximum absolute atomic E-state index is 6.07. The molecule has 2 rings (SSSR count). The largest absolute Gasteiger partial charge is 0.397 e. The Labute approximate surface area is 122 Å². The molecule has 0 aliphatic carbocycles. The van der Waals surface area contributed by atoms with Gasteiger partial charge in [0.2, 0.25) is 0 Å². The summed E-state index contributed by atoms with van der Waals surface area (Å²) in [6.07, 6.45) is 6.12.